The summed E-state index contributed by atoms with van der Waals surface area (Å²) < 4.78 is 11.0. The third-order valence-corrected chi connectivity index (χ3v) is 9.45. The molecule has 1 spiro atoms. The third kappa shape index (κ3) is 3.73. The molecule has 0 aliphatic carbocycles. The molecule has 2 aliphatic rings. The number of methoxy groups -OCH3 is 1. The van der Waals surface area contributed by atoms with Crippen molar-refractivity contribution < 1.29 is 23.5 Å². The van der Waals surface area contributed by atoms with E-state index in [0.717, 1.165) is 11.3 Å². The van der Waals surface area contributed by atoms with Crippen LogP contribution in [0, 0.1) is 6.92 Å². The van der Waals surface area contributed by atoms with E-state index in [4.69, 9.17) is 32.4 Å². The van der Waals surface area contributed by atoms with Crippen LogP contribution in [-0.2, 0) is 21.6 Å². The number of carbonyl (C=O) groups is 3. The van der Waals surface area contributed by atoms with E-state index in [0.29, 0.717) is 27.5 Å². The molecule has 0 fully saturated rings. The van der Waals surface area contributed by atoms with Gasteiger partial charge < -0.3 is 14.1 Å². The van der Waals surface area contributed by atoms with Crippen molar-refractivity contribution in [2.24, 2.45) is 0 Å². The molecule has 1 unspecified atom stereocenters. The Balaban J connectivity index is 1.56. The van der Waals surface area contributed by atoms with E-state index in [1.54, 1.807) is 61.5 Å². The Labute approximate surface area is 257 Å². The van der Waals surface area contributed by atoms with Crippen molar-refractivity contribution in [1.29, 1.82) is 0 Å². The van der Waals surface area contributed by atoms with Gasteiger partial charge >= 0.3 is 5.97 Å². The predicted molar refractivity (Wildman–Crippen MR) is 162 cm³/mol. The van der Waals surface area contributed by atoms with Crippen LogP contribution in [0.3, 0.4) is 0 Å². The third-order valence-electron chi connectivity index (χ3n) is 7.72. The maximum atomic E-state index is 15.0. The number of amides is 2. The van der Waals surface area contributed by atoms with E-state index in [1.165, 1.54) is 29.0 Å². The fourth-order valence-corrected chi connectivity index (χ4v) is 7.25. The summed E-state index contributed by atoms with van der Waals surface area (Å²) in [4.78, 5) is 63.6. The van der Waals surface area contributed by atoms with E-state index < -0.39 is 28.8 Å². The molecular weight excluding hydrogens is 613 g/mol. The number of nitrogens with zero attached hydrogens (tertiary/aromatic N) is 3. The number of aromatic nitrogens is 1. The number of hydrogen-bond donors (Lipinski definition) is 0. The number of ether oxygens (including phenoxy) is 1. The molecule has 5 aromatic rings. The van der Waals surface area contributed by atoms with Crippen molar-refractivity contribution in [3.05, 3.63) is 120 Å². The molecule has 12 heteroatoms. The Kier molecular flexibility index (Phi) is 6.21. The molecule has 0 bridgehead atoms. The number of halogens is 2. The Morgan fingerprint density at radius 3 is 2.56 bits per heavy atom. The lowest BCUT2D eigenvalue weighted by Gasteiger charge is -2.32. The summed E-state index contributed by atoms with van der Waals surface area (Å²) >= 11 is 13.6. The van der Waals surface area contributed by atoms with Crippen molar-refractivity contribution in [3.8, 4) is 0 Å². The minimum Gasteiger partial charge on any atom is -0.465 e. The van der Waals surface area contributed by atoms with Crippen LogP contribution in [0.5, 0.6) is 0 Å². The molecule has 43 heavy (non-hydrogen) atoms. The van der Waals surface area contributed by atoms with Gasteiger partial charge in [0.25, 0.3) is 11.8 Å². The lowest BCUT2D eigenvalue weighted by molar-refractivity contribution is -0.121. The van der Waals surface area contributed by atoms with Gasteiger partial charge in [-0.2, -0.15) is 0 Å². The van der Waals surface area contributed by atoms with Gasteiger partial charge in [0, 0.05) is 15.6 Å². The maximum absolute atomic E-state index is 15.0. The lowest BCUT2D eigenvalue weighted by Crippen LogP contribution is -2.53. The minimum absolute atomic E-state index is 0.0264. The zero-order valence-corrected chi connectivity index (χ0v) is 24.8. The summed E-state index contributed by atoms with van der Waals surface area (Å²) in [6.07, 6.45) is 0. The molecule has 214 valence electrons. The second-order valence-corrected chi connectivity index (χ2v) is 11.9. The first-order valence-electron chi connectivity index (χ1n) is 13.0. The summed E-state index contributed by atoms with van der Waals surface area (Å²) in [6.45, 7) is 1.66. The van der Waals surface area contributed by atoms with Crippen molar-refractivity contribution in [1.82, 2.24) is 4.98 Å². The smallest absolute Gasteiger partial charge is 0.350 e. The first kappa shape index (κ1) is 27.3. The normalized spacial score (nSPS) is 17.2. The van der Waals surface area contributed by atoms with Crippen LogP contribution in [0.4, 0.5) is 10.8 Å². The highest BCUT2D eigenvalue weighted by atomic mass is 35.5. The van der Waals surface area contributed by atoms with Crippen molar-refractivity contribution in [3.63, 3.8) is 0 Å². The van der Waals surface area contributed by atoms with Gasteiger partial charge in [0.1, 0.15) is 10.5 Å². The number of fused-ring (bicyclic) bond motifs is 5. The van der Waals surface area contributed by atoms with Crippen LogP contribution in [0.1, 0.15) is 42.6 Å². The Morgan fingerprint density at radius 1 is 1.05 bits per heavy atom. The average molecular weight is 632 g/mol. The molecule has 1 atom stereocenters. The van der Waals surface area contributed by atoms with E-state index in [2.05, 4.69) is 4.98 Å². The van der Waals surface area contributed by atoms with Crippen LogP contribution in [0.2, 0.25) is 10.0 Å². The molecule has 2 amide bonds. The van der Waals surface area contributed by atoms with Crippen LogP contribution in [-0.4, -0.2) is 29.9 Å². The van der Waals surface area contributed by atoms with Gasteiger partial charge in [0.05, 0.1) is 36.0 Å². The van der Waals surface area contributed by atoms with Crippen LogP contribution >= 0.6 is 34.5 Å². The molecule has 7 rings (SSSR count). The van der Waals surface area contributed by atoms with Gasteiger partial charge in [-0.3, -0.25) is 19.3 Å². The van der Waals surface area contributed by atoms with Crippen LogP contribution in [0.15, 0.2) is 75.9 Å². The number of aryl methyl sites for hydroxylation is 1. The number of benzene rings is 3. The quantitative estimate of drug-likeness (QED) is 0.220. The number of carbonyl (C=O) groups excluding carboxylic acids is 3. The summed E-state index contributed by atoms with van der Waals surface area (Å²) in [5.74, 6) is -2.28. The molecular formula is C31H19Cl2N3O6S. The number of para-hydroxylation sites is 1. The highest BCUT2D eigenvalue weighted by molar-refractivity contribution is 7.17. The van der Waals surface area contributed by atoms with Crippen molar-refractivity contribution in [2.75, 3.05) is 16.9 Å². The minimum atomic E-state index is -2.00. The zero-order chi connectivity index (χ0) is 30.2. The highest BCUT2D eigenvalue weighted by Crippen LogP contribution is 2.55. The number of hydrogen-bond acceptors (Lipinski definition) is 8. The van der Waals surface area contributed by atoms with Gasteiger partial charge in [0.2, 0.25) is 5.76 Å². The monoisotopic (exact) mass is 631 g/mol. The number of esters is 1. The maximum Gasteiger partial charge on any atom is 0.350 e. The van der Waals surface area contributed by atoms with Gasteiger partial charge in [-0.15, -0.1) is 0 Å². The predicted octanol–water partition coefficient (Wildman–Crippen LogP) is 6.10. The first-order chi connectivity index (χ1) is 20.7. The topological polar surface area (TPSA) is 110 Å². The van der Waals surface area contributed by atoms with E-state index in [1.807, 2.05) is 0 Å². The fraction of sp³-hybridized carbons (Fsp3) is 0.129. The van der Waals surface area contributed by atoms with E-state index in [9.17, 15) is 19.2 Å². The van der Waals surface area contributed by atoms with Crippen molar-refractivity contribution >= 4 is 74.1 Å². The largest absolute Gasteiger partial charge is 0.465 e. The summed E-state index contributed by atoms with van der Waals surface area (Å²) in [7, 11) is 1.24. The summed E-state index contributed by atoms with van der Waals surface area (Å²) in [5, 5.41) is 0.873. The van der Waals surface area contributed by atoms with Gasteiger partial charge in [-0.1, -0.05) is 70.9 Å². The molecule has 2 aromatic heterocycles. The summed E-state index contributed by atoms with van der Waals surface area (Å²) in [6, 6.07) is 18.5. The fourth-order valence-electron chi connectivity index (χ4n) is 5.85. The number of rotatable bonds is 4. The second kappa shape index (κ2) is 9.77. The molecule has 4 heterocycles. The molecule has 0 radical (unpaired) electrons. The highest BCUT2D eigenvalue weighted by Gasteiger charge is 2.66. The van der Waals surface area contributed by atoms with Crippen LogP contribution < -0.4 is 15.2 Å². The first-order valence-corrected chi connectivity index (χ1v) is 14.6. The Bertz CT molecular complexity index is 2110. The molecule has 0 saturated carbocycles. The zero-order valence-electron chi connectivity index (χ0n) is 22.5. The Hall–Kier alpha value is -4.51. The average Bonchev–Trinajstić information content (AvgIpc) is 3.59. The molecule has 0 saturated heterocycles. The standard InChI is InChI=1S/C31H19Cl2N3O6S/c1-15-26(28(39)41-2)43-30(34-15)36-27(38)25-23(24(37)18-13-17(32)11-12-22(18)42-25)31(36)19-8-4-6-10-21(19)35(29(31)40)14-16-7-3-5-9-20(16)33/h3-13H,14H2,1-2H3. The van der Waals surface area contributed by atoms with Gasteiger partial charge in [-0.25, -0.2) is 9.78 Å². The summed E-state index contributed by atoms with van der Waals surface area (Å²) in [5.41, 5.74) is -0.790. The second-order valence-electron chi connectivity index (χ2n) is 10.0. The number of anilines is 2. The molecule has 0 N–H and O–H groups in total. The molecule has 2 aliphatic heterocycles. The van der Waals surface area contributed by atoms with Crippen LogP contribution in [0.25, 0.3) is 11.0 Å². The Morgan fingerprint density at radius 2 is 1.79 bits per heavy atom. The lowest BCUT2D eigenvalue weighted by atomic mass is 9.84. The van der Waals surface area contributed by atoms with Crippen molar-refractivity contribution in [2.45, 2.75) is 19.0 Å². The molecule has 9 nitrogen and oxygen atoms in total. The SMILES string of the molecule is COC(=O)c1sc(N2C(=O)c3oc4ccc(Cl)cc4c(=O)c3C23C(=O)N(Cc2ccccc2Cl)c2ccccc23)nc1C. The number of thiazole rings is 1. The van der Waals surface area contributed by atoms with Gasteiger partial charge in [0.15, 0.2) is 16.1 Å². The van der Waals surface area contributed by atoms with E-state index in [-0.39, 0.29) is 43.9 Å². The van der Waals surface area contributed by atoms with E-state index >= 15 is 0 Å². The van der Waals surface area contributed by atoms with Gasteiger partial charge in [-0.05, 0) is 42.8 Å². The molecule has 3 aromatic carbocycles.